The maximum atomic E-state index is 5.11. The summed E-state index contributed by atoms with van der Waals surface area (Å²) in [5.74, 6) is 1.97. The summed E-state index contributed by atoms with van der Waals surface area (Å²) in [7, 11) is 0. The van der Waals surface area contributed by atoms with Gasteiger partial charge in [0.05, 0.1) is 10.2 Å². The van der Waals surface area contributed by atoms with Crippen LogP contribution in [-0.2, 0) is 0 Å². The van der Waals surface area contributed by atoms with Crippen LogP contribution < -0.4 is 0 Å². The molecule has 0 saturated carbocycles. The van der Waals surface area contributed by atoms with Gasteiger partial charge in [-0.25, -0.2) is 15.0 Å². The molecule has 0 atom stereocenters. The zero-order chi connectivity index (χ0) is 28.3. The van der Waals surface area contributed by atoms with Crippen molar-refractivity contribution >= 4 is 64.0 Å². The molecule has 200 valence electrons. The Morgan fingerprint density at radius 1 is 0.442 bits per heavy atom. The van der Waals surface area contributed by atoms with Gasteiger partial charge in [0.15, 0.2) is 17.5 Å². The molecule has 9 aromatic rings. The molecule has 5 heteroatoms. The average molecular weight is 567 g/mol. The van der Waals surface area contributed by atoms with Gasteiger partial charge in [-0.3, -0.25) is 4.98 Å². The SMILES string of the molecule is c1ccc2cc(-c3nc(-c4ccc5ccccc5c4)nc(-c4cccc5c4ccc4c6ncccc6sc54)n3)ccc2c1. The fourth-order valence-electron chi connectivity index (χ4n) is 6.02. The Morgan fingerprint density at radius 3 is 1.77 bits per heavy atom. The molecular weight excluding hydrogens is 545 g/mol. The molecule has 4 nitrogen and oxygen atoms in total. The van der Waals surface area contributed by atoms with Crippen LogP contribution in [0.4, 0.5) is 0 Å². The predicted molar refractivity (Wildman–Crippen MR) is 179 cm³/mol. The normalized spacial score (nSPS) is 11.7. The van der Waals surface area contributed by atoms with E-state index in [4.69, 9.17) is 15.0 Å². The highest BCUT2D eigenvalue weighted by Gasteiger charge is 2.17. The van der Waals surface area contributed by atoms with Crippen molar-refractivity contribution in [1.82, 2.24) is 19.9 Å². The second kappa shape index (κ2) is 9.51. The highest BCUT2D eigenvalue weighted by Crippen LogP contribution is 2.40. The molecule has 0 bridgehead atoms. The van der Waals surface area contributed by atoms with Gasteiger partial charge in [-0.2, -0.15) is 0 Å². The third-order valence-corrected chi connectivity index (χ3v) is 9.33. The van der Waals surface area contributed by atoms with E-state index in [2.05, 4.69) is 126 Å². The highest BCUT2D eigenvalue weighted by molar-refractivity contribution is 7.26. The van der Waals surface area contributed by atoms with Gasteiger partial charge in [0.25, 0.3) is 0 Å². The maximum absolute atomic E-state index is 5.11. The molecule has 3 heterocycles. The summed E-state index contributed by atoms with van der Waals surface area (Å²) >= 11 is 1.78. The molecule has 0 radical (unpaired) electrons. The van der Waals surface area contributed by atoms with Gasteiger partial charge in [-0.05, 0) is 51.2 Å². The number of thiophene rings is 1. The van der Waals surface area contributed by atoms with Crippen LogP contribution in [-0.4, -0.2) is 19.9 Å². The van der Waals surface area contributed by atoms with Crippen molar-refractivity contribution in [3.63, 3.8) is 0 Å². The highest BCUT2D eigenvalue weighted by atomic mass is 32.1. The second-order valence-electron chi connectivity index (χ2n) is 10.7. The molecule has 9 rings (SSSR count). The Bertz CT molecular complexity index is 2430. The fraction of sp³-hybridized carbons (Fsp3) is 0. The molecular formula is C38H22N4S. The second-order valence-corrected chi connectivity index (χ2v) is 11.8. The van der Waals surface area contributed by atoms with E-state index in [0.29, 0.717) is 17.5 Å². The first kappa shape index (κ1) is 24.1. The van der Waals surface area contributed by atoms with Crippen molar-refractivity contribution in [2.24, 2.45) is 0 Å². The molecule has 0 unspecified atom stereocenters. The van der Waals surface area contributed by atoms with Crippen LogP contribution in [0.2, 0.25) is 0 Å². The van der Waals surface area contributed by atoms with Gasteiger partial charge >= 0.3 is 0 Å². The Kier molecular flexibility index (Phi) is 5.33. The summed E-state index contributed by atoms with van der Waals surface area (Å²) in [6.45, 7) is 0. The van der Waals surface area contributed by atoms with Gasteiger partial charge in [0, 0.05) is 38.4 Å². The fourth-order valence-corrected chi connectivity index (χ4v) is 7.21. The largest absolute Gasteiger partial charge is 0.255 e. The number of fused-ring (bicyclic) bond motifs is 7. The lowest BCUT2D eigenvalue weighted by atomic mass is 10.0. The molecule has 0 spiro atoms. The molecule has 3 aromatic heterocycles. The summed E-state index contributed by atoms with van der Waals surface area (Å²) in [6.07, 6.45) is 1.86. The molecule has 6 aromatic carbocycles. The van der Waals surface area contributed by atoms with Gasteiger partial charge in [-0.1, -0.05) is 103 Å². The van der Waals surface area contributed by atoms with E-state index in [1.54, 1.807) is 11.3 Å². The zero-order valence-electron chi connectivity index (χ0n) is 22.9. The van der Waals surface area contributed by atoms with Crippen molar-refractivity contribution < 1.29 is 0 Å². The topological polar surface area (TPSA) is 51.6 Å². The number of hydrogen-bond donors (Lipinski definition) is 0. The molecule has 0 N–H and O–H groups in total. The molecule has 0 aliphatic rings. The predicted octanol–water partition coefficient (Wildman–Crippen LogP) is 10.1. The lowest BCUT2D eigenvalue weighted by Gasteiger charge is -2.11. The first-order valence-electron chi connectivity index (χ1n) is 14.2. The van der Waals surface area contributed by atoms with E-state index in [-0.39, 0.29) is 0 Å². The maximum Gasteiger partial charge on any atom is 0.164 e. The van der Waals surface area contributed by atoms with Crippen LogP contribution in [0.5, 0.6) is 0 Å². The van der Waals surface area contributed by atoms with Crippen LogP contribution in [0.15, 0.2) is 134 Å². The van der Waals surface area contributed by atoms with Crippen molar-refractivity contribution in [3.05, 3.63) is 134 Å². The number of hydrogen-bond acceptors (Lipinski definition) is 5. The Hall–Kier alpha value is -5.52. The summed E-state index contributed by atoms with van der Waals surface area (Å²) in [4.78, 5) is 19.9. The first-order chi connectivity index (χ1) is 21.3. The van der Waals surface area contributed by atoms with Crippen LogP contribution >= 0.6 is 11.3 Å². The molecule has 0 aliphatic carbocycles. The Labute approximate surface area is 251 Å². The minimum Gasteiger partial charge on any atom is -0.255 e. The van der Waals surface area contributed by atoms with Crippen molar-refractivity contribution in [2.45, 2.75) is 0 Å². The number of benzene rings is 6. The molecule has 0 saturated heterocycles. The lowest BCUT2D eigenvalue weighted by molar-refractivity contribution is 1.08. The summed E-state index contributed by atoms with van der Waals surface area (Å²) < 4.78 is 2.42. The standard InChI is InChI=1S/C38H22N4S/c1-3-9-25-21-27(16-14-23(25)7-1)36-40-37(28-17-15-24-8-2-4-10-26(24)22-28)42-38(41-36)31-12-5-11-30-29(31)18-19-32-34-33(43-35(30)32)13-6-20-39-34/h1-22H. The first-order valence-corrected chi connectivity index (χ1v) is 15.0. The molecule has 0 fully saturated rings. The zero-order valence-corrected chi connectivity index (χ0v) is 23.7. The minimum absolute atomic E-state index is 0.656. The Balaban J connectivity index is 1.30. The monoisotopic (exact) mass is 566 g/mol. The van der Waals surface area contributed by atoms with Gasteiger partial charge < -0.3 is 0 Å². The van der Waals surface area contributed by atoms with Gasteiger partial charge in [0.2, 0.25) is 0 Å². The van der Waals surface area contributed by atoms with Crippen molar-refractivity contribution in [2.75, 3.05) is 0 Å². The summed E-state index contributed by atoms with van der Waals surface area (Å²) in [5.41, 5.74) is 3.95. The summed E-state index contributed by atoms with van der Waals surface area (Å²) in [5, 5.41) is 8.15. The smallest absolute Gasteiger partial charge is 0.164 e. The van der Waals surface area contributed by atoms with Crippen LogP contribution in [0.25, 0.3) is 86.8 Å². The number of nitrogens with zero attached hydrogens (tertiary/aromatic N) is 4. The van der Waals surface area contributed by atoms with E-state index in [0.717, 1.165) is 38.4 Å². The van der Waals surface area contributed by atoms with Crippen LogP contribution in [0.3, 0.4) is 0 Å². The van der Waals surface area contributed by atoms with Crippen LogP contribution in [0.1, 0.15) is 0 Å². The minimum atomic E-state index is 0.656. The van der Waals surface area contributed by atoms with E-state index < -0.39 is 0 Å². The van der Waals surface area contributed by atoms with E-state index in [1.807, 2.05) is 12.3 Å². The van der Waals surface area contributed by atoms with Gasteiger partial charge in [0.1, 0.15) is 0 Å². The van der Waals surface area contributed by atoms with E-state index in [1.165, 1.54) is 30.9 Å². The van der Waals surface area contributed by atoms with Crippen LogP contribution in [0, 0.1) is 0 Å². The Morgan fingerprint density at radius 2 is 1.07 bits per heavy atom. The quantitative estimate of drug-likeness (QED) is 0.213. The molecule has 0 amide bonds. The van der Waals surface area contributed by atoms with Crippen molar-refractivity contribution in [3.8, 4) is 34.2 Å². The molecule has 0 aliphatic heterocycles. The lowest BCUT2D eigenvalue weighted by Crippen LogP contribution is -2.00. The summed E-state index contributed by atoms with van der Waals surface area (Å²) in [6, 6.07) is 44.4. The van der Waals surface area contributed by atoms with Crippen molar-refractivity contribution in [1.29, 1.82) is 0 Å². The van der Waals surface area contributed by atoms with E-state index in [9.17, 15) is 0 Å². The average Bonchev–Trinajstić information content (AvgIpc) is 3.47. The number of rotatable bonds is 3. The van der Waals surface area contributed by atoms with Gasteiger partial charge in [-0.15, -0.1) is 11.3 Å². The number of pyridine rings is 1. The third-order valence-electron chi connectivity index (χ3n) is 8.14. The number of aromatic nitrogens is 4. The van der Waals surface area contributed by atoms with E-state index >= 15 is 0 Å². The molecule has 43 heavy (non-hydrogen) atoms. The third kappa shape index (κ3) is 3.97.